The number of nitrogens with zero attached hydrogens (tertiary/aromatic N) is 2. The monoisotopic (exact) mass is 452 g/mol. The number of benzene rings is 2. The molecule has 0 saturated heterocycles. The number of nitriles is 1. The van der Waals surface area contributed by atoms with Crippen LogP contribution in [0.2, 0.25) is 5.02 Å². The molecular weight excluding hydrogens is 436 g/mol. The first kappa shape index (κ1) is 19.1. The molecule has 3 unspecified atom stereocenters. The molecule has 0 radical (unpaired) electrons. The average molecular weight is 454 g/mol. The average Bonchev–Trinajstić information content (AvgIpc) is 2.68. The molecule has 3 atom stereocenters. The molecule has 2 aromatic carbocycles. The Morgan fingerprint density at radius 2 is 1.86 bits per heavy atom. The number of hydrogen-bond donors (Lipinski definition) is 0. The minimum atomic E-state index is -0.437. The molecule has 4 rings (SSSR count). The van der Waals surface area contributed by atoms with E-state index in [0.717, 1.165) is 27.0 Å². The van der Waals surface area contributed by atoms with Crippen LogP contribution in [0.3, 0.4) is 0 Å². The van der Waals surface area contributed by atoms with E-state index in [0.29, 0.717) is 23.4 Å². The lowest BCUT2D eigenvalue weighted by Gasteiger charge is -2.35. The Morgan fingerprint density at radius 3 is 2.54 bits per heavy atom. The van der Waals surface area contributed by atoms with Crippen molar-refractivity contribution in [3.05, 3.63) is 80.4 Å². The van der Waals surface area contributed by atoms with E-state index in [4.69, 9.17) is 16.6 Å². The van der Waals surface area contributed by atoms with Crippen molar-refractivity contribution in [1.29, 1.82) is 5.26 Å². The predicted molar refractivity (Wildman–Crippen MR) is 115 cm³/mol. The number of hydrogen-bond acceptors (Lipinski definition) is 3. The van der Waals surface area contributed by atoms with Crippen LogP contribution in [0.15, 0.2) is 69.3 Å². The minimum absolute atomic E-state index is 0.0819. The largest absolute Gasteiger partial charge is 0.294 e. The molecule has 0 bridgehead atoms. The maximum atomic E-state index is 13.3. The summed E-state index contributed by atoms with van der Waals surface area (Å²) in [7, 11) is 0. The molecule has 0 saturated carbocycles. The van der Waals surface area contributed by atoms with Gasteiger partial charge in [0.2, 0.25) is 0 Å². The molecule has 3 nitrogen and oxygen atoms in total. The van der Waals surface area contributed by atoms with Gasteiger partial charge in [0.15, 0.2) is 5.78 Å². The maximum Gasteiger partial charge on any atom is 0.161 e. The van der Waals surface area contributed by atoms with Gasteiger partial charge in [-0.3, -0.25) is 9.79 Å². The van der Waals surface area contributed by atoms with Crippen LogP contribution in [0.25, 0.3) is 0 Å². The quantitative estimate of drug-likeness (QED) is 0.543. The SMILES string of the molecule is CC1=NC2=C(C(=O)CC(c3ccc(Cl)cc3)C2)C(c2ccccc2Br)C1C#N. The fourth-order valence-corrected chi connectivity index (χ4v) is 4.92. The van der Waals surface area contributed by atoms with E-state index >= 15 is 0 Å². The summed E-state index contributed by atoms with van der Waals surface area (Å²) in [5, 5.41) is 10.5. The molecule has 0 spiro atoms. The van der Waals surface area contributed by atoms with Crippen molar-refractivity contribution in [1.82, 2.24) is 0 Å². The van der Waals surface area contributed by atoms with Gasteiger partial charge in [0, 0.05) is 38.8 Å². The number of halogens is 2. The first-order chi connectivity index (χ1) is 13.5. The number of carbonyl (C=O) groups excluding carboxylic acids is 1. The summed E-state index contributed by atoms with van der Waals surface area (Å²) in [4.78, 5) is 18.0. The zero-order valence-corrected chi connectivity index (χ0v) is 17.7. The number of rotatable bonds is 2. The highest BCUT2D eigenvalue weighted by Crippen LogP contribution is 2.47. The van der Waals surface area contributed by atoms with Crippen LogP contribution in [0.1, 0.15) is 42.7 Å². The van der Waals surface area contributed by atoms with Crippen LogP contribution in [-0.4, -0.2) is 11.5 Å². The summed E-state index contributed by atoms with van der Waals surface area (Å²) in [6.07, 6.45) is 1.12. The summed E-state index contributed by atoms with van der Waals surface area (Å²) in [6, 6.07) is 17.9. The fraction of sp³-hybridized carbons (Fsp3) is 0.261. The second-order valence-corrected chi connectivity index (χ2v) is 8.59. The van der Waals surface area contributed by atoms with Crippen molar-refractivity contribution < 1.29 is 4.79 Å². The van der Waals surface area contributed by atoms with E-state index in [9.17, 15) is 10.1 Å². The van der Waals surface area contributed by atoms with Gasteiger partial charge in [0.25, 0.3) is 0 Å². The van der Waals surface area contributed by atoms with Crippen molar-refractivity contribution in [2.75, 3.05) is 0 Å². The topological polar surface area (TPSA) is 53.2 Å². The van der Waals surface area contributed by atoms with Crippen molar-refractivity contribution in [3.8, 4) is 6.07 Å². The van der Waals surface area contributed by atoms with Crippen LogP contribution < -0.4 is 0 Å². The Kier molecular flexibility index (Phi) is 5.23. The van der Waals surface area contributed by atoms with Gasteiger partial charge in [-0.15, -0.1) is 0 Å². The lowest BCUT2D eigenvalue weighted by molar-refractivity contribution is -0.116. The molecular formula is C23H18BrClN2O. The Morgan fingerprint density at radius 1 is 1.14 bits per heavy atom. The molecule has 0 aromatic heterocycles. The van der Waals surface area contributed by atoms with Gasteiger partial charge in [-0.05, 0) is 48.6 Å². The summed E-state index contributed by atoms with van der Waals surface area (Å²) in [6.45, 7) is 1.89. The van der Waals surface area contributed by atoms with Crippen LogP contribution >= 0.6 is 27.5 Å². The zero-order chi connectivity index (χ0) is 19.8. The third-order valence-corrected chi connectivity index (χ3v) is 6.58. The molecule has 5 heteroatoms. The molecule has 2 aliphatic rings. The van der Waals surface area contributed by atoms with Crippen LogP contribution in [0.5, 0.6) is 0 Å². The molecule has 28 heavy (non-hydrogen) atoms. The molecule has 0 fully saturated rings. The van der Waals surface area contributed by atoms with E-state index in [1.165, 1.54) is 0 Å². The molecule has 1 aliphatic carbocycles. The summed E-state index contributed by atoms with van der Waals surface area (Å²) in [5.74, 6) is -0.558. The van der Waals surface area contributed by atoms with Crippen molar-refractivity contribution in [2.24, 2.45) is 10.9 Å². The van der Waals surface area contributed by atoms with E-state index in [1.54, 1.807) is 0 Å². The normalized spacial score (nSPS) is 24.4. The first-order valence-corrected chi connectivity index (χ1v) is 10.4. The van der Waals surface area contributed by atoms with E-state index in [2.05, 4.69) is 22.0 Å². The number of ketones is 1. The molecule has 2 aromatic rings. The Labute approximate surface area is 177 Å². The molecule has 0 N–H and O–H groups in total. The van der Waals surface area contributed by atoms with Gasteiger partial charge in [-0.25, -0.2) is 0 Å². The molecule has 140 valence electrons. The molecule has 0 amide bonds. The van der Waals surface area contributed by atoms with Crippen molar-refractivity contribution in [2.45, 2.75) is 31.6 Å². The van der Waals surface area contributed by atoms with E-state index < -0.39 is 5.92 Å². The Balaban J connectivity index is 1.80. The van der Waals surface area contributed by atoms with E-state index in [1.807, 2.05) is 55.5 Å². The fourth-order valence-electron chi connectivity index (χ4n) is 4.26. The Bertz CT molecular complexity index is 1050. The maximum absolute atomic E-state index is 13.3. The van der Waals surface area contributed by atoms with Crippen molar-refractivity contribution >= 4 is 39.0 Å². The minimum Gasteiger partial charge on any atom is -0.294 e. The highest BCUT2D eigenvalue weighted by atomic mass is 79.9. The third kappa shape index (κ3) is 3.34. The highest BCUT2D eigenvalue weighted by molar-refractivity contribution is 9.10. The van der Waals surface area contributed by atoms with Gasteiger partial charge in [-0.1, -0.05) is 57.9 Å². The smallest absolute Gasteiger partial charge is 0.161 e. The van der Waals surface area contributed by atoms with Gasteiger partial charge in [-0.2, -0.15) is 5.26 Å². The number of carbonyl (C=O) groups is 1. The van der Waals surface area contributed by atoms with Gasteiger partial charge >= 0.3 is 0 Å². The summed E-state index contributed by atoms with van der Waals surface area (Å²) >= 11 is 9.61. The van der Waals surface area contributed by atoms with Crippen LogP contribution in [0, 0.1) is 17.2 Å². The van der Waals surface area contributed by atoms with Gasteiger partial charge < -0.3 is 0 Å². The number of allylic oxidation sites excluding steroid dienone is 2. The van der Waals surface area contributed by atoms with Crippen molar-refractivity contribution in [3.63, 3.8) is 0 Å². The van der Waals surface area contributed by atoms with Gasteiger partial charge in [0.1, 0.15) is 0 Å². The lowest BCUT2D eigenvalue weighted by Crippen LogP contribution is -2.32. The lowest BCUT2D eigenvalue weighted by atomic mass is 9.69. The van der Waals surface area contributed by atoms with Crippen LogP contribution in [0.4, 0.5) is 0 Å². The number of Topliss-reactive ketones (excluding diaryl/α,β-unsaturated/α-hetero) is 1. The van der Waals surface area contributed by atoms with Gasteiger partial charge in [0.05, 0.1) is 12.0 Å². The first-order valence-electron chi connectivity index (χ1n) is 9.20. The number of aliphatic imine (C=N–C) groups is 1. The summed E-state index contributed by atoms with van der Waals surface area (Å²) in [5.41, 5.74) is 4.35. The molecule has 1 aliphatic heterocycles. The second kappa shape index (κ2) is 7.66. The molecule has 1 heterocycles. The predicted octanol–water partition coefficient (Wildman–Crippen LogP) is 6.20. The van der Waals surface area contributed by atoms with E-state index in [-0.39, 0.29) is 17.6 Å². The third-order valence-electron chi connectivity index (χ3n) is 5.61. The standard InChI is InChI=1S/C23H18BrClN2O/c1-13-18(12-26)22(17-4-2-3-5-19(17)24)23-20(27-13)10-15(11-21(23)28)14-6-8-16(25)9-7-14/h2-9,15,18,22H,10-11H2,1H3. The zero-order valence-electron chi connectivity index (χ0n) is 15.3. The highest BCUT2D eigenvalue weighted by Gasteiger charge is 2.41. The Hall–Kier alpha value is -2.22. The summed E-state index contributed by atoms with van der Waals surface area (Å²) < 4.78 is 0.912. The van der Waals surface area contributed by atoms with Crippen LogP contribution in [-0.2, 0) is 4.79 Å². The second-order valence-electron chi connectivity index (χ2n) is 7.30.